The largest absolute Gasteiger partial charge is 0.411 e. The summed E-state index contributed by atoms with van der Waals surface area (Å²) >= 11 is 0. The Morgan fingerprint density at radius 1 is 0.783 bits per heavy atom. The molecule has 8 heteroatoms. The maximum Gasteiger partial charge on any atom is 0.411 e. The minimum Gasteiger partial charge on any atom is -0.343 e. The zero-order valence-electron chi connectivity index (χ0n) is 13.2. The third-order valence-corrected chi connectivity index (χ3v) is 2.82. The van der Waals surface area contributed by atoms with Crippen LogP contribution in [0.25, 0.3) is 0 Å². The fourth-order valence-electron chi connectivity index (χ4n) is 1.74. The average Bonchev–Trinajstić information content (AvgIpc) is 2.41. The maximum absolute atomic E-state index is 12.1. The quantitative estimate of drug-likeness (QED) is 0.192. The van der Waals surface area contributed by atoms with Crippen molar-refractivity contribution in [2.45, 2.75) is 70.5 Å². The van der Waals surface area contributed by atoms with Gasteiger partial charge in [-0.3, -0.25) is 0 Å². The van der Waals surface area contributed by atoms with Gasteiger partial charge in [0, 0.05) is 0 Å². The van der Waals surface area contributed by atoms with Crippen LogP contribution >= 0.6 is 0 Å². The Hall–Kier alpha value is -0.760. The van der Waals surface area contributed by atoms with Crippen molar-refractivity contribution in [3.8, 4) is 0 Å². The van der Waals surface area contributed by atoms with E-state index >= 15 is 0 Å². The van der Waals surface area contributed by atoms with Crippen LogP contribution in [0.15, 0.2) is 12.2 Å². The standard InChI is InChI=1S/C15H24F6O2/c1-2-3-4-5-6-7-8-9-10-13(22-11-14(16,17)18)23-12-15(19,20)21/h6-7,13H,2-5,8-12H2,1H3/b7-6+. The van der Waals surface area contributed by atoms with Crippen LogP contribution in [0.3, 0.4) is 0 Å². The lowest BCUT2D eigenvalue weighted by molar-refractivity contribution is -0.260. The first-order chi connectivity index (χ1) is 10.6. The zero-order valence-corrected chi connectivity index (χ0v) is 13.2. The van der Waals surface area contributed by atoms with Gasteiger partial charge >= 0.3 is 12.4 Å². The van der Waals surface area contributed by atoms with Gasteiger partial charge in [0.15, 0.2) is 6.29 Å². The first-order valence-corrected chi connectivity index (χ1v) is 7.65. The van der Waals surface area contributed by atoms with E-state index in [1.165, 1.54) is 0 Å². The summed E-state index contributed by atoms with van der Waals surface area (Å²) in [6, 6.07) is 0. The van der Waals surface area contributed by atoms with Gasteiger partial charge in [0.2, 0.25) is 0 Å². The Bertz CT molecular complexity index is 294. The molecule has 0 aromatic heterocycles. The number of halogens is 6. The maximum atomic E-state index is 12.1. The van der Waals surface area contributed by atoms with E-state index in [1.54, 1.807) is 0 Å². The van der Waals surface area contributed by atoms with Crippen molar-refractivity contribution >= 4 is 0 Å². The van der Waals surface area contributed by atoms with Gasteiger partial charge in [-0.2, -0.15) is 26.3 Å². The Morgan fingerprint density at radius 2 is 1.26 bits per heavy atom. The Morgan fingerprint density at radius 3 is 1.70 bits per heavy atom. The molecule has 0 fully saturated rings. The Kier molecular flexibility index (Phi) is 11.3. The molecule has 2 nitrogen and oxygen atoms in total. The van der Waals surface area contributed by atoms with Gasteiger partial charge in [-0.25, -0.2) is 0 Å². The van der Waals surface area contributed by atoms with Crippen LogP contribution in [0.4, 0.5) is 26.3 Å². The topological polar surface area (TPSA) is 18.5 Å². The highest BCUT2D eigenvalue weighted by Crippen LogP contribution is 2.20. The van der Waals surface area contributed by atoms with Crippen molar-refractivity contribution in [3.63, 3.8) is 0 Å². The lowest BCUT2D eigenvalue weighted by atomic mass is 10.1. The SMILES string of the molecule is CCCCC/C=C/CCCC(OCC(F)(F)F)OCC(F)(F)F. The van der Waals surface area contributed by atoms with Crippen LogP contribution in [0.1, 0.15) is 51.9 Å². The van der Waals surface area contributed by atoms with E-state index in [4.69, 9.17) is 0 Å². The third-order valence-electron chi connectivity index (χ3n) is 2.82. The van der Waals surface area contributed by atoms with Crippen molar-refractivity contribution in [2.24, 2.45) is 0 Å². The summed E-state index contributed by atoms with van der Waals surface area (Å²) in [5, 5.41) is 0. The van der Waals surface area contributed by atoms with Crippen LogP contribution in [0.5, 0.6) is 0 Å². The highest BCUT2D eigenvalue weighted by molar-refractivity contribution is 4.81. The molecule has 0 aliphatic heterocycles. The molecule has 0 atom stereocenters. The molecule has 0 spiro atoms. The van der Waals surface area contributed by atoms with Gasteiger partial charge < -0.3 is 9.47 Å². The lowest BCUT2D eigenvalue weighted by Crippen LogP contribution is -2.29. The van der Waals surface area contributed by atoms with E-state index in [0.717, 1.165) is 25.7 Å². The average molecular weight is 350 g/mol. The molecule has 0 aliphatic rings. The highest BCUT2D eigenvalue weighted by atomic mass is 19.4. The van der Waals surface area contributed by atoms with Gasteiger partial charge in [-0.1, -0.05) is 31.9 Å². The molecule has 0 aromatic rings. The van der Waals surface area contributed by atoms with E-state index in [0.29, 0.717) is 12.8 Å². The lowest BCUT2D eigenvalue weighted by Gasteiger charge is -2.20. The number of unbranched alkanes of at least 4 members (excludes halogenated alkanes) is 4. The normalized spacial score (nSPS) is 13.4. The number of allylic oxidation sites excluding steroid dienone is 2. The van der Waals surface area contributed by atoms with Gasteiger partial charge in [-0.15, -0.1) is 0 Å². The summed E-state index contributed by atoms with van der Waals surface area (Å²) in [4.78, 5) is 0. The second-order valence-electron chi connectivity index (χ2n) is 5.18. The van der Waals surface area contributed by atoms with E-state index in [2.05, 4.69) is 16.4 Å². The molecular weight excluding hydrogens is 326 g/mol. The molecule has 23 heavy (non-hydrogen) atoms. The molecule has 0 aromatic carbocycles. The van der Waals surface area contributed by atoms with Crippen LogP contribution in [-0.2, 0) is 9.47 Å². The predicted molar refractivity (Wildman–Crippen MR) is 74.9 cm³/mol. The summed E-state index contributed by atoms with van der Waals surface area (Å²) in [5.74, 6) is 0. The Labute approximate surface area is 132 Å². The summed E-state index contributed by atoms with van der Waals surface area (Å²) in [6.07, 6.45) is -1.69. The number of hydrogen-bond donors (Lipinski definition) is 0. The number of ether oxygens (including phenoxy) is 2. The van der Waals surface area contributed by atoms with Crippen molar-refractivity contribution in [2.75, 3.05) is 13.2 Å². The molecular formula is C15H24F6O2. The van der Waals surface area contributed by atoms with Crippen LogP contribution in [0.2, 0.25) is 0 Å². The number of alkyl halides is 6. The van der Waals surface area contributed by atoms with Crippen LogP contribution in [-0.4, -0.2) is 31.9 Å². The second kappa shape index (κ2) is 11.7. The van der Waals surface area contributed by atoms with E-state index in [9.17, 15) is 26.3 Å². The summed E-state index contributed by atoms with van der Waals surface area (Å²) < 4.78 is 81.2. The van der Waals surface area contributed by atoms with Crippen molar-refractivity contribution in [1.82, 2.24) is 0 Å². The minimum atomic E-state index is -4.60. The first-order valence-electron chi connectivity index (χ1n) is 7.65. The van der Waals surface area contributed by atoms with Crippen LogP contribution in [0, 0.1) is 0 Å². The number of hydrogen-bond acceptors (Lipinski definition) is 2. The molecule has 0 rings (SSSR count). The minimum absolute atomic E-state index is 0.0224. The molecule has 0 aliphatic carbocycles. The van der Waals surface area contributed by atoms with Crippen molar-refractivity contribution in [3.05, 3.63) is 12.2 Å². The van der Waals surface area contributed by atoms with E-state index < -0.39 is 31.9 Å². The smallest absolute Gasteiger partial charge is 0.343 e. The molecule has 0 unspecified atom stereocenters. The van der Waals surface area contributed by atoms with Gasteiger partial charge in [0.25, 0.3) is 0 Å². The molecule has 0 saturated carbocycles. The summed E-state index contributed by atoms with van der Waals surface area (Å²) in [6.45, 7) is -1.16. The fraction of sp³-hybridized carbons (Fsp3) is 0.867. The molecule has 0 radical (unpaired) electrons. The van der Waals surface area contributed by atoms with E-state index in [1.807, 2.05) is 12.2 Å². The molecule has 0 heterocycles. The molecule has 0 bridgehead atoms. The Balaban J connectivity index is 4.04. The predicted octanol–water partition coefficient (Wildman–Crippen LogP) is 5.78. The first kappa shape index (κ1) is 22.2. The fourth-order valence-corrected chi connectivity index (χ4v) is 1.74. The van der Waals surface area contributed by atoms with E-state index in [-0.39, 0.29) is 6.42 Å². The summed E-state index contributed by atoms with van der Waals surface area (Å²) in [7, 11) is 0. The third kappa shape index (κ3) is 17.4. The van der Waals surface area contributed by atoms with Crippen molar-refractivity contribution in [1.29, 1.82) is 0 Å². The highest BCUT2D eigenvalue weighted by Gasteiger charge is 2.32. The summed E-state index contributed by atoms with van der Waals surface area (Å²) in [5.41, 5.74) is 0. The van der Waals surface area contributed by atoms with Gasteiger partial charge in [0.05, 0.1) is 0 Å². The molecule has 138 valence electrons. The van der Waals surface area contributed by atoms with Crippen LogP contribution < -0.4 is 0 Å². The second-order valence-corrected chi connectivity index (χ2v) is 5.18. The molecule has 0 amide bonds. The van der Waals surface area contributed by atoms with Gasteiger partial charge in [-0.05, 0) is 32.1 Å². The molecule has 0 N–H and O–H groups in total. The van der Waals surface area contributed by atoms with Gasteiger partial charge in [0.1, 0.15) is 13.2 Å². The molecule has 0 saturated heterocycles. The monoisotopic (exact) mass is 350 g/mol. The zero-order chi connectivity index (χ0) is 17.8. The number of rotatable bonds is 12. The van der Waals surface area contributed by atoms with Crippen molar-refractivity contribution < 1.29 is 35.8 Å².